The number of anilines is 1. The first-order chi connectivity index (χ1) is 16.6. The highest BCUT2D eigenvalue weighted by Crippen LogP contribution is 2.35. The van der Waals surface area contributed by atoms with E-state index >= 15 is 0 Å². The number of esters is 1. The standard InChI is InChI=1S/C25H31N5O3S/c1-17-21-23(28-16-29-24(21)34-22(17)25(32)33-2)30-13-7-6-11-27-20(31)15-19(26-12-8-14-30)18-9-4-3-5-10-18/h3-5,9-10,16,19,26H,6-8,11-15H2,1-2H3,(H,27,31). The van der Waals surface area contributed by atoms with Crippen LogP contribution in [0, 0.1) is 6.92 Å². The zero-order chi connectivity index (χ0) is 23.9. The maximum Gasteiger partial charge on any atom is 0.348 e. The Labute approximate surface area is 203 Å². The van der Waals surface area contributed by atoms with Crippen LogP contribution in [0.25, 0.3) is 10.2 Å². The predicted molar refractivity (Wildman–Crippen MR) is 134 cm³/mol. The lowest BCUT2D eigenvalue weighted by Crippen LogP contribution is -2.32. The van der Waals surface area contributed by atoms with Gasteiger partial charge in [-0.05, 0) is 43.9 Å². The summed E-state index contributed by atoms with van der Waals surface area (Å²) in [4.78, 5) is 37.4. The molecular weight excluding hydrogens is 450 g/mol. The summed E-state index contributed by atoms with van der Waals surface area (Å²) in [5.74, 6) is 0.579. The van der Waals surface area contributed by atoms with Crippen molar-refractivity contribution in [1.29, 1.82) is 0 Å². The Morgan fingerprint density at radius 2 is 1.91 bits per heavy atom. The number of hydrogen-bond acceptors (Lipinski definition) is 8. The minimum atomic E-state index is -0.344. The third kappa shape index (κ3) is 5.53. The number of hydrogen-bond donors (Lipinski definition) is 2. The SMILES string of the molecule is COC(=O)c1sc2ncnc(N3CCCCNC(=O)CC(c4ccccc4)NCCC3)c2c1C. The number of aryl methyl sites for hydroxylation is 1. The second-order valence-electron chi connectivity index (χ2n) is 8.44. The summed E-state index contributed by atoms with van der Waals surface area (Å²) in [6.45, 7) is 4.98. The van der Waals surface area contributed by atoms with E-state index < -0.39 is 0 Å². The normalized spacial score (nSPS) is 18.5. The van der Waals surface area contributed by atoms with E-state index in [4.69, 9.17) is 4.74 Å². The lowest BCUT2D eigenvalue weighted by atomic mass is 10.0. The number of methoxy groups -OCH3 is 1. The molecule has 3 aromatic rings. The van der Waals surface area contributed by atoms with Crippen LogP contribution in [-0.4, -0.2) is 55.1 Å². The predicted octanol–water partition coefficient (Wildman–Crippen LogP) is 3.61. The molecule has 180 valence electrons. The van der Waals surface area contributed by atoms with Gasteiger partial charge in [0.15, 0.2) is 0 Å². The molecule has 2 N–H and O–H groups in total. The van der Waals surface area contributed by atoms with E-state index in [9.17, 15) is 9.59 Å². The van der Waals surface area contributed by atoms with E-state index in [1.54, 1.807) is 6.33 Å². The summed E-state index contributed by atoms with van der Waals surface area (Å²) in [5.41, 5.74) is 1.98. The molecule has 9 heteroatoms. The monoisotopic (exact) mass is 481 g/mol. The van der Waals surface area contributed by atoms with Crippen molar-refractivity contribution in [1.82, 2.24) is 20.6 Å². The van der Waals surface area contributed by atoms with Gasteiger partial charge in [-0.3, -0.25) is 4.79 Å². The minimum absolute atomic E-state index is 0.0251. The first-order valence-corrected chi connectivity index (χ1v) is 12.5. The third-order valence-electron chi connectivity index (χ3n) is 6.14. The molecule has 0 bridgehead atoms. The van der Waals surface area contributed by atoms with Crippen molar-refractivity contribution in [3.8, 4) is 0 Å². The van der Waals surface area contributed by atoms with Crippen LogP contribution in [0.2, 0.25) is 0 Å². The van der Waals surface area contributed by atoms with Gasteiger partial charge in [-0.2, -0.15) is 0 Å². The largest absolute Gasteiger partial charge is 0.465 e. The molecular formula is C25H31N5O3S. The summed E-state index contributed by atoms with van der Waals surface area (Å²) in [6.07, 6.45) is 4.69. The summed E-state index contributed by atoms with van der Waals surface area (Å²) >= 11 is 1.35. The Hall–Kier alpha value is -3.04. The average molecular weight is 482 g/mol. The number of nitrogens with zero attached hydrogens (tertiary/aromatic N) is 3. The molecule has 1 aromatic carbocycles. The first-order valence-electron chi connectivity index (χ1n) is 11.7. The van der Waals surface area contributed by atoms with Gasteiger partial charge in [-0.25, -0.2) is 14.8 Å². The highest BCUT2D eigenvalue weighted by Gasteiger charge is 2.23. The highest BCUT2D eigenvalue weighted by atomic mass is 32.1. The molecule has 34 heavy (non-hydrogen) atoms. The maximum atomic E-state index is 12.5. The maximum absolute atomic E-state index is 12.5. The van der Waals surface area contributed by atoms with Gasteiger partial charge < -0.3 is 20.3 Å². The summed E-state index contributed by atoms with van der Waals surface area (Å²) < 4.78 is 4.96. The van der Waals surface area contributed by atoms with Crippen LogP contribution in [0.3, 0.4) is 0 Å². The Balaban J connectivity index is 1.56. The third-order valence-corrected chi connectivity index (χ3v) is 7.32. The van der Waals surface area contributed by atoms with E-state index in [1.165, 1.54) is 18.4 Å². The lowest BCUT2D eigenvalue weighted by Gasteiger charge is -2.25. The van der Waals surface area contributed by atoms with Crippen molar-refractivity contribution in [3.05, 3.63) is 52.7 Å². The molecule has 3 heterocycles. The zero-order valence-corrected chi connectivity index (χ0v) is 20.5. The van der Waals surface area contributed by atoms with Crippen LogP contribution in [0.4, 0.5) is 5.82 Å². The Morgan fingerprint density at radius 3 is 2.71 bits per heavy atom. The van der Waals surface area contributed by atoms with Crippen LogP contribution < -0.4 is 15.5 Å². The van der Waals surface area contributed by atoms with Crippen molar-refractivity contribution in [3.63, 3.8) is 0 Å². The number of thiophene rings is 1. The summed E-state index contributed by atoms with van der Waals surface area (Å²) in [7, 11) is 1.39. The second-order valence-corrected chi connectivity index (χ2v) is 9.44. The number of carbonyl (C=O) groups is 2. The second kappa shape index (κ2) is 11.4. The van der Waals surface area contributed by atoms with Gasteiger partial charge in [-0.1, -0.05) is 30.3 Å². The molecule has 1 unspecified atom stereocenters. The number of carbonyl (C=O) groups excluding carboxylic acids is 2. The van der Waals surface area contributed by atoms with E-state index in [1.807, 2.05) is 25.1 Å². The fourth-order valence-electron chi connectivity index (χ4n) is 4.36. The highest BCUT2D eigenvalue weighted by molar-refractivity contribution is 7.20. The fourth-order valence-corrected chi connectivity index (χ4v) is 5.42. The van der Waals surface area contributed by atoms with Gasteiger partial charge in [0.1, 0.15) is 21.9 Å². The van der Waals surface area contributed by atoms with Gasteiger partial charge in [0.2, 0.25) is 5.91 Å². The minimum Gasteiger partial charge on any atom is -0.465 e. The molecule has 2 aromatic heterocycles. The Morgan fingerprint density at radius 1 is 1.12 bits per heavy atom. The van der Waals surface area contributed by atoms with E-state index in [-0.39, 0.29) is 17.9 Å². The van der Waals surface area contributed by atoms with Crippen molar-refractivity contribution in [2.75, 3.05) is 38.2 Å². The molecule has 0 aliphatic carbocycles. The molecule has 0 radical (unpaired) electrons. The van der Waals surface area contributed by atoms with Crippen molar-refractivity contribution >= 4 is 39.2 Å². The fraction of sp³-hybridized carbons (Fsp3) is 0.440. The first kappa shape index (κ1) is 24.1. The zero-order valence-electron chi connectivity index (χ0n) is 19.7. The average Bonchev–Trinajstić information content (AvgIpc) is 3.21. The van der Waals surface area contributed by atoms with Crippen molar-refractivity contribution in [2.24, 2.45) is 0 Å². The molecule has 0 saturated carbocycles. The molecule has 1 saturated heterocycles. The quantitative estimate of drug-likeness (QED) is 0.552. The van der Waals surface area contributed by atoms with Crippen molar-refractivity contribution in [2.45, 2.75) is 38.6 Å². The van der Waals surface area contributed by atoms with E-state index in [2.05, 4.69) is 37.6 Å². The molecule has 1 aliphatic rings. The number of rotatable bonds is 3. The smallest absolute Gasteiger partial charge is 0.348 e. The number of aromatic nitrogens is 2. The van der Waals surface area contributed by atoms with Gasteiger partial charge >= 0.3 is 5.97 Å². The number of amides is 1. The molecule has 1 fully saturated rings. The molecule has 0 spiro atoms. The van der Waals surface area contributed by atoms with Crippen molar-refractivity contribution < 1.29 is 14.3 Å². The van der Waals surface area contributed by atoms with Gasteiger partial charge in [0.25, 0.3) is 0 Å². The number of fused-ring (bicyclic) bond motifs is 1. The Kier molecular flexibility index (Phi) is 8.08. The number of benzene rings is 1. The number of ether oxygens (including phenoxy) is 1. The molecule has 1 atom stereocenters. The number of nitrogens with one attached hydrogen (secondary N) is 2. The lowest BCUT2D eigenvalue weighted by molar-refractivity contribution is -0.121. The molecule has 1 aliphatic heterocycles. The summed E-state index contributed by atoms with van der Waals surface area (Å²) in [5, 5.41) is 7.55. The van der Waals surface area contributed by atoms with Crippen LogP contribution in [-0.2, 0) is 9.53 Å². The topological polar surface area (TPSA) is 96.4 Å². The van der Waals surface area contributed by atoms with Gasteiger partial charge in [-0.15, -0.1) is 11.3 Å². The molecule has 1 amide bonds. The Bertz CT molecular complexity index is 1130. The summed E-state index contributed by atoms with van der Waals surface area (Å²) in [6, 6.07) is 10.1. The van der Waals surface area contributed by atoms with Crippen LogP contribution in [0.5, 0.6) is 0 Å². The van der Waals surface area contributed by atoms with E-state index in [0.717, 1.165) is 66.1 Å². The van der Waals surface area contributed by atoms with Gasteiger partial charge in [0, 0.05) is 32.1 Å². The molecule has 4 rings (SSSR count). The molecule has 8 nitrogen and oxygen atoms in total. The van der Waals surface area contributed by atoms with Crippen LogP contribution >= 0.6 is 11.3 Å². The van der Waals surface area contributed by atoms with Gasteiger partial charge in [0.05, 0.1) is 12.5 Å². The van der Waals surface area contributed by atoms with Crippen LogP contribution in [0.15, 0.2) is 36.7 Å². The van der Waals surface area contributed by atoms with Crippen LogP contribution in [0.1, 0.15) is 52.5 Å². The van der Waals surface area contributed by atoms with E-state index in [0.29, 0.717) is 17.8 Å².